The quantitative estimate of drug-likeness (QED) is 0.671. The van der Waals surface area contributed by atoms with Crippen LogP contribution in [-0.4, -0.2) is 36.7 Å². The number of hydrogen-bond acceptors (Lipinski definition) is 3. The molecule has 1 heterocycles. The van der Waals surface area contributed by atoms with Crippen LogP contribution < -0.4 is 5.73 Å². The van der Waals surface area contributed by atoms with Crippen LogP contribution in [0.25, 0.3) is 0 Å². The van der Waals surface area contributed by atoms with Gasteiger partial charge in [0, 0.05) is 19.6 Å². The van der Waals surface area contributed by atoms with E-state index < -0.39 is 6.09 Å². The number of nitrogens with zero attached hydrogens (tertiary/aromatic N) is 1. The minimum absolute atomic E-state index is 0.0289. The maximum absolute atomic E-state index is 10.3. The van der Waals surface area contributed by atoms with Crippen molar-refractivity contribution in [3.8, 4) is 0 Å². The van der Waals surface area contributed by atoms with E-state index in [1.807, 2.05) is 0 Å². The number of carbonyl (C=O) groups is 1. The first-order valence-corrected chi connectivity index (χ1v) is 4.26. The average Bonchev–Trinajstić information content (AvgIpc) is 1.80. The van der Waals surface area contributed by atoms with E-state index in [9.17, 15) is 4.79 Å². The molecular weight excluding hydrogens is 156 g/mol. The Labute approximate surface area is 72.7 Å². The molecule has 12 heavy (non-hydrogen) atoms. The first kappa shape index (κ1) is 9.32. The Kier molecular flexibility index (Phi) is 2.92. The Hall–Kier alpha value is -0.770. The van der Waals surface area contributed by atoms with Crippen LogP contribution in [0.5, 0.6) is 0 Å². The van der Waals surface area contributed by atoms with Crippen molar-refractivity contribution >= 4 is 6.09 Å². The third kappa shape index (κ3) is 2.70. The van der Waals surface area contributed by atoms with Gasteiger partial charge in [-0.15, -0.1) is 0 Å². The zero-order valence-electron chi connectivity index (χ0n) is 7.62. The van der Waals surface area contributed by atoms with Crippen LogP contribution in [0.4, 0.5) is 4.79 Å². The summed E-state index contributed by atoms with van der Waals surface area (Å²) in [5.74, 6) is 0.666. The van der Waals surface area contributed by atoms with Gasteiger partial charge in [-0.2, -0.15) is 0 Å². The molecule has 0 unspecified atom stereocenters. The number of amides is 1. The highest BCUT2D eigenvalue weighted by molar-refractivity contribution is 5.64. The second-order valence-electron chi connectivity index (χ2n) is 3.67. The van der Waals surface area contributed by atoms with E-state index in [1.54, 1.807) is 0 Å². The fraction of sp³-hybridized carbons (Fsp3) is 0.875. The monoisotopic (exact) mass is 172 g/mol. The number of hydrogen-bond donors (Lipinski definition) is 1. The highest BCUT2D eigenvalue weighted by atomic mass is 16.6. The van der Waals surface area contributed by atoms with Crippen molar-refractivity contribution in [3.05, 3.63) is 0 Å². The maximum atomic E-state index is 10.3. The molecule has 4 heteroatoms. The van der Waals surface area contributed by atoms with E-state index in [0.717, 1.165) is 19.6 Å². The molecule has 1 aliphatic rings. The molecule has 0 aromatic heterocycles. The summed E-state index contributed by atoms with van der Waals surface area (Å²) in [5, 5.41) is 0. The van der Waals surface area contributed by atoms with Crippen LogP contribution in [-0.2, 0) is 4.74 Å². The van der Waals surface area contributed by atoms with Gasteiger partial charge in [0.25, 0.3) is 0 Å². The largest absolute Gasteiger partial charge is 0.444 e. The van der Waals surface area contributed by atoms with E-state index in [-0.39, 0.29) is 6.10 Å². The fourth-order valence-corrected chi connectivity index (χ4v) is 1.43. The lowest BCUT2D eigenvalue weighted by Crippen LogP contribution is -2.54. The minimum Gasteiger partial charge on any atom is -0.444 e. The van der Waals surface area contributed by atoms with Gasteiger partial charge in [-0.05, 0) is 5.92 Å². The van der Waals surface area contributed by atoms with E-state index in [0.29, 0.717) is 5.92 Å². The summed E-state index contributed by atoms with van der Waals surface area (Å²) in [5.41, 5.74) is 4.87. The Balaban J connectivity index is 2.08. The number of likely N-dealkylation sites (tertiary alicyclic amines) is 1. The lowest BCUT2D eigenvalue weighted by Gasteiger charge is -2.38. The van der Waals surface area contributed by atoms with E-state index in [2.05, 4.69) is 18.7 Å². The Morgan fingerprint density at radius 1 is 1.67 bits per heavy atom. The molecule has 0 aromatic rings. The Morgan fingerprint density at radius 3 is 2.67 bits per heavy atom. The molecule has 0 bridgehead atoms. The van der Waals surface area contributed by atoms with Crippen LogP contribution >= 0.6 is 0 Å². The summed E-state index contributed by atoms with van der Waals surface area (Å²) in [6, 6.07) is 0. The van der Waals surface area contributed by atoms with Gasteiger partial charge in [0.05, 0.1) is 0 Å². The smallest absolute Gasteiger partial charge is 0.404 e. The molecule has 70 valence electrons. The summed E-state index contributed by atoms with van der Waals surface area (Å²) < 4.78 is 4.80. The summed E-state index contributed by atoms with van der Waals surface area (Å²) in [6.07, 6.45) is -0.634. The maximum Gasteiger partial charge on any atom is 0.404 e. The third-order valence-electron chi connectivity index (χ3n) is 1.83. The van der Waals surface area contributed by atoms with Gasteiger partial charge < -0.3 is 10.5 Å². The molecule has 0 saturated carbocycles. The molecule has 1 fully saturated rings. The SMILES string of the molecule is CC(C)CN1CC(OC(N)=O)C1. The second-order valence-corrected chi connectivity index (χ2v) is 3.67. The number of ether oxygens (including phenoxy) is 1. The lowest BCUT2D eigenvalue weighted by atomic mass is 10.1. The number of rotatable bonds is 3. The van der Waals surface area contributed by atoms with E-state index >= 15 is 0 Å². The van der Waals surface area contributed by atoms with Gasteiger partial charge in [-0.25, -0.2) is 4.79 Å². The third-order valence-corrected chi connectivity index (χ3v) is 1.83. The van der Waals surface area contributed by atoms with Gasteiger partial charge in [0.15, 0.2) is 0 Å². The number of carbonyl (C=O) groups excluding carboxylic acids is 1. The van der Waals surface area contributed by atoms with Crippen molar-refractivity contribution in [3.63, 3.8) is 0 Å². The molecule has 0 radical (unpaired) electrons. The predicted octanol–water partition coefficient (Wildman–Crippen LogP) is 0.422. The van der Waals surface area contributed by atoms with Crippen LogP contribution in [0, 0.1) is 5.92 Å². The minimum atomic E-state index is -0.663. The van der Waals surface area contributed by atoms with Gasteiger partial charge >= 0.3 is 6.09 Å². The summed E-state index contributed by atoms with van der Waals surface area (Å²) in [4.78, 5) is 12.6. The molecule has 1 aliphatic heterocycles. The van der Waals surface area contributed by atoms with E-state index in [4.69, 9.17) is 10.5 Å². The molecule has 0 aromatic carbocycles. The topological polar surface area (TPSA) is 55.6 Å². The summed E-state index contributed by atoms with van der Waals surface area (Å²) >= 11 is 0. The van der Waals surface area contributed by atoms with Crippen LogP contribution in [0.2, 0.25) is 0 Å². The zero-order chi connectivity index (χ0) is 9.14. The standard InChI is InChI=1S/C8H16N2O2/c1-6(2)3-10-4-7(5-10)12-8(9)11/h6-7H,3-5H2,1-2H3,(H2,9,11). The van der Waals surface area contributed by atoms with E-state index in [1.165, 1.54) is 0 Å². The first-order chi connectivity index (χ1) is 5.58. The fourth-order valence-electron chi connectivity index (χ4n) is 1.43. The summed E-state index contributed by atoms with van der Waals surface area (Å²) in [6.45, 7) is 7.07. The molecule has 0 spiro atoms. The summed E-state index contributed by atoms with van der Waals surface area (Å²) in [7, 11) is 0. The second kappa shape index (κ2) is 3.76. The van der Waals surface area contributed by atoms with Gasteiger partial charge in [0.2, 0.25) is 0 Å². The molecule has 1 amide bonds. The molecular formula is C8H16N2O2. The van der Waals surface area contributed by atoms with Crippen molar-refractivity contribution in [2.24, 2.45) is 11.7 Å². The Morgan fingerprint density at radius 2 is 2.25 bits per heavy atom. The molecule has 4 nitrogen and oxygen atoms in total. The Bertz CT molecular complexity index is 164. The first-order valence-electron chi connectivity index (χ1n) is 4.26. The molecule has 1 saturated heterocycles. The van der Waals surface area contributed by atoms with Crippen LogP contribution in [0.1, 0.15) is 13.8 Å². The zero-order valence-corrected chi connectivity index (χ0v) is 7.62. The predicted molar refractivity (Wildman–Crippen MR) is 45.7 cm³/mol. The van der Waals surface area contributed by atoms with Crippen molar-refractivity contribution in [2.45, 2.75) is 20.0 Å². The molecule has 1 rings (SSSR count). The number of primary amides is 1. The van der Waals surface area contributed by atoms with Gasteiger partial charge in [-0.1, -0.05) is 13.8 Å². The molecule has 0 aliphatic carbocycles. The number of nitrogens with two attached hydrogens (primary N) is 1. The van der Waals surface area contributed by atoms with Crippen molar-refractivity contribution in [1.82, 2.24) is 4.90 Å². The van der Waals surface area contributed by atoms with Crippen molar-refractivity contribution in [2.75, 3.05) is 19.6 Å². The van der Waals surface area contributed by atoms with Gasteiger partial charge in [-0.3, -0.25) is 4.90 Å². The van der Waals surface area contributed by atoms with Crippen LogP contribution in [0.3, 0.4) is 0 Å². The molecule has 0 atom stereocenters. The van der Waals surface area contributed by atoms with Crippen molar-refractivity contribution < 1.29 is 9.53 Å². The highest BCUT2D eigenvalue weighted by Gasteiger charge is 2.29. The van der Waals surface area contributed by atoms with Crippen LogP contribution in [0.15, 0.2) is 0 Å². The lowest BCUT2D eigenvalue weighted by molar-refractivity contribution is -0.0144. The highest BCUT2D eigenvalue weighted by Crippen LogP contribution is 2.13. The van der Waals surface area contributed by atoms with Crippen molar-refractivity contribution in [1.29, 1.82) is 0 Å². The molecule has 2 N–H and O–H groups in total. The normalized spacial score (nSPS) is 19.2. The van der Waals surface area contributed by atoms with Gasteiger partial charge in [0.1, 0.15) is 6.10 Å². The average molecular weight is 172 g/mol.